The third-order valence-electron chi connectivity index (χ3n) is 3.01. The second kappa shape index (κ2) is 9.21. The van der Waals surface area contributed by atoms with E-state index in [0.29, 0.717) is 12.3 Å². The van der Waals surface area contributed by atoms with Gasteiger partial charge in [0, 0.05) is 26.7 Å². The van der Waals surface area contributed by atoms with Gasteiger partial charge in [0.05, 0.1) is 0 Å². The second-order valence-corrected chi connectivity index (χ2v) is 7.31. The van der Waals surface area contributed by atoms with Crippen molar-refractivity contribution in [2.24, 2.45) is 0 Å². The summed E-state index contributed by atoms with van der Waals surface area (Å²) in [7, 11) is 0. The van der Waals surface area contributed by atoms with Crippen molar-refractivity contribution in [1.29, 1.82) is 0 Å². The zero-order valence-electron chi connectivity index (χ0n) is 12.6. The largest absolute Gasteiger partial charge is 0.484 e. The van der Waals surface area contributed by atoms with E-state index < -0.39 is 0 Å². The zero-order valence-corrected chi connectivity index (χ0v) is 15.8. The molecule has 0 aliphatic heterocycles. The van der Waals surface area contributed by atoms with E-state index in [4.69, 9.17) is 16.3 Å². The number of carbonyl (C=O) groups is 1. The van der Waals surface area contributed by atoms with Crippen LogP contribution in [0.1, 0.15) is 5.56 Å². The molecule has 1 amide bonds. The summed E-state index contributed by atoms with van der Waals surface area (Å²) < 4.78 is 6.50. The van der Waals surface area contributed by atoms with E-state index in [1.54, 1.807) is 11.8 Å². The van der Waals surface area contributed by atoms with E-state index in [0.717, 1.165) is 25.7 Å². The summed E-state index contributed by atoms with van der Waals surface area (Å²) in [5.74, 6) is 1.36. The minimum atomic E-state index is -0.123. The lowest BCUT2D eigenvalue weighted by molar-refractivity contribution is -0.122. The minimum Gasteiger partial charge on any atom is -0.484 e. The van der Waals surface area contributed by atoms with Gasteiger partial charge in [-0.05, 0) is 55.0 Å². The van der Waals surface area contributed by atoms with Crippen molar-refractivity contribution in [3.63, 3.8) is 0 Å². The van der Waals surface area contributed by atoms with E-state index in [2.05, 4.69) is 21.2 Å². The zero-order chi connectivity index (χ0) is 16.7. The molecule has 0 bridgehead atoms. The van der Waals surface area contributed by atoms with Gasteiger partial charge >= 0.3 is 0 Å². The molecule has 0 aliphatic carbocycles. The standard InChI is InChI=1S/C17H17BrClNO2S/c1-12-10-14(4-7-16(12)18)22-11-17(21)20-8-9-23-15-5-2-13(19)3-6-15/h2-7,10H,8-9,11H2,1H3,(H,20,21). The van der Waals surface area contributed by atoms with Gasteiger partial charge < -0.3 is 10.1 Å². The number of amides is 1. The Kier molecular flexibility index (Phi) is 7.27. The Morgan fingerprint density at radius 2 is 2.00 bits per heavy atom. The van der Waals surface area contributed by atoms with Crippen LogP contribution < -0.4 is 10.1 Å². The number of rotatable bonds is 7. The average molecular weight is 415 g/mol. The molecule has 3 nitrogen and oxygen atoms in total. The van der Waals surface area contributed by atoms with E-state index in [-0.39, 0.29) is 12.5 Å². The maximum atomic E-state index is 11.8. The Morgan fingerprint density at radius 1 is 1.26 bits per heavy atom. The molecule has 0 saturated heterocycles. The molecule has 23 heavy (non-hydrogen) atoms. The molecule has 0 aliphatic rings. The van der Waals surface area contributed by atoms with Gasteiger partial charge in [-0.3, -0.25) is 4.79 Å². The van der Waals surface area contributed by atoms with Crippen LogP contribution in [0, 0.1) is 6.92 Å². The molecular weight excluding hydrogens is 398 g/mol. The monoisotopic (exact) mass is 413 g/mol. The van der Waals surface area contributed by atoms with E-state index in [1.165, 1.54) is 0 Å². The predicted octanol–water partition coefficient (Wildman–Crippen LogP) is 4.70. The van der Waals surface area contributed by atoms with Crippen LogP contribution in [0.25, 0.3) is 0 Å². The molecule has 0 spiro atoms. The molecule has 0 atom stereocenters. The molecule has 0 fully saturated rings. The molecule has 0 heterocycles. The fourth-order valence-corrected chi connectivity index (χ4v) is 2.94. The van der Waals surface area contributed by atoms with Gasteiger partial charge in [-0.2, -0.15) is 0 Å². The van der Waals surface area contributed by atoms with Gasteiger partial charge in [-0.1, -0.05) is 27.5 Å². The molecule has 2 rings (SSSR count). The minimum absolute atomic E-state index is 0.0205. The SMILES string of the molecule is Cc1cc(OCC(=O)NCCSc2ccc(Cl)cc2)ccc1Br. The summed E-state index contributed by atoms with van der Waals surface area (Å²) in [6, 6.07) is 13.3. The van der Waals surface area contributed by atoms with Crippen molar-refractivity contribution in [1.82, 2.24) is 5.32 Å². The van der Waals surface area contributed by atoms with Gasteiger partial charge in [0.1, 0.15) is 5.75 Å². The molecular formula is C17H17BrClNO2S. The van der Waals surface area contributed by atoms with Crippen LogP contribution in [-0.4, -0.2) is 24.8 Å². The fraction of sp³-hybridized carbons (Fsp3) is 0.235. The molecule has 122 valence electrons. The number of thioether (sulfide) groups is 1. The quantitative estimate of drug-likeness (QED) is 0.527. The number of aryl methyl sites for hydroxylation is 1. The first kappa shape index (κ1) is 18.2. The summed E-state index contributed by atoms with van der Waals surface area (Å²) in [5.41, 5.74) is 1.07. The van der Waals surface area contributed by atoms with Crippen LogP contribution in [0.2, 0.25) is 5.02 Å². The van der Waals surface area contributed by atoms with Gasteiger partial charge in [-0.15, -0.1) is 11.8 Å². The summed E-state index contributed by atoms with van der Waals surface area (Å²) in [6.45, 7) is 2.59. The maximum absolute atomic E-state index is 11.8. The van der Waals surface area contributed by atoms with E-state index in [1.807, 2.05) is 49.4 Å². The highest BCUT2D eigenvalue weighted by Crippen LogP contribution is 2.21. The number of hydrogen-bond acceptors (Lipinski definition) is 3. The number of halogens is 2. The molecule has 6 heteroatoms. The number of carbonyl (C=O) groups excluding carboxylic acids is 1. The summed E-state index contributed by atoms with van der Waals surface area (Å²) >= 11 is 10.9. The highest BCUT2D eigenvalue weighted by Gasteiger charge is 2.04. The smallest absolute Gasteiger partial charge is 0.257 e. The molecule has 2 aromatic rings. The van der Waals surface area contributed by atoms with Gasteiger partial charge in [0.2, 0.25) is 0 Å². The Morgan fingerprint density at radius 3 is 2.70 bits per heavy atom. The topological polar surface area (TPSA) is 38.3 Å². The Balaban J connectivity index is 1.65. The van der Waals surface area contributed by atoms with Gasteiger partial charge in [-0.25, -0.2) is 0 Å². The third kappa shape index (κ3) is 6.45. The Labute approximate surface area is 153 Å². The van der Waals surface area contributed by atoms with Crippen LogP contribution in [0.15, 0.2) is 51.8 Å². The van der Waals surface area contributed by atoms with E-state index >= 15 is 0 Å². The molecule has 0 radical (unpaired) electrons. The summed E-state index contributed by atoms with van der Waals surface area (Å²) in [4.78, 5) is 12.9. The van der Waals surface area contributed by atoms with Crippen LogP contribution in [-0.2, 0) is 4.79 Å². The number of benzene rings is 2. The first-order valence-electron chi connectivity index (χ1n) is 7.08. The van der Waals surface area contributed by atoms with Gasteiger partial charge in [0.25, 0.3) is 5.91 Å². The highest BCUT2D eigenvalue weighted by molar-refractivity contribution is 9.10. The Hall–Kier alpha value is -1.17. The molecule has 0 aromatic heterocycles. The number of hydrogen-bond donors (Lipinski definition) is 1. The first-order chi connectivity index (χ1) is 11.0. The van der Waals surface area contributed by atoms with Crippen molar-refractivity contribution < 1.29 is 9.53 Å². The lowest BCUT2D eigenvalue weighted by Gasteiger charge is -2.08. The fourth-order valence-electron chi connectivity index (χ4n) is 1.80. The van der Waals surface area contributed by atoms with Crippen molar-refractivity contribution in [3.05, 3.63) is 57.5 Å². The van der Waals surface area contributed by atoms with Crippen LogP contribution in [0.5, 0.6) is 5.75 Å². The lowest BCUT2D eigenvalue weighted by Crippen LogP contribution is -2.30. The summed E-state index contributed by atoms with van der Waals surface area (Å²) in [6.07, 6.45) is 0. The first-order valence-corrected chi connectivity index (χ1v) is 9.24. The second-order valence-electron chi connectivity index (χ2n) is 4.85. The van der Waals surface area contributed by atoms with Crippen molar-refractivity contribution >= 4 is 45.2 Å². The third-order valence-corrected chi connectivity index (χ3v) is 5.16. The predicted molar refractivity (Wildman–Crippen MR) is 99.6 cm³/mol. The lowest BCUT2D eigenvalue weighted by atomic mass is 10.2. The number of nitrogens with one attached hydrogen (secondary N) is 1. The molecule has 1 N–H and O–H groups in total. The molecule has 0 saturated carbocycles. The van der Waals surface area contributed by atoms with Crippen LogP contribution in [0.4, 0.5) is 0 Å². The Bertz CT molecular complexity index is 664. The number of ether oxygens (including phenoxy) is 1. The van der Waals surface area contributed by atoms with Gasteiger partial charge in [0.15, 0.2) is 6.61 Å². The maximum Gasteiger partial charge on any atom is 0.257 e. The molecule has 0 unspecified atom stereocenters. The van der Waals surface area contributed by atoms with E-state index in [9.17, 15) is 4.79 Å². The van der Waals surface area contributed by atoms with Crippen LogP contribution in [0.3, 0.4) is 0 Å². The van der Waals surface area contributed by atoms with Crippen molar-refractivity contribution in [2.75, 3.05) is 18.9 Å². The van der Waals surface area contributed by atoms with Crippen molar-refractivity contribution in [3.8, 4) is 5.75 Å². The highest BCUT2D eigenvalue weighted by atomic mass is 79.9. The summed E-state index contributed by atoms with van der Waals surface area (Å²) in [5, 5.41) is 3.57. The normalized spacial score (nSPS) is 10.4. The average Bonchev–Trinajstić information content (AvgIpc) is 2.54. The molecule has 2 aromatic carbocycles. The van der Waals surface area contributed by atoms with Crippen molar-refractivity contribution in [2.45, 2.75) is 11.8 Å². The van der Waals surface area contributed by atoms with Crippen LogP contribution >= 0.6 is 39.3 Å².